The van der Waals surface area contributed by atoms with Crippen LogP contribution in [0.1, 0.15) is 36.5 Å². The fraction of sp³-hybridized carbons (Fsp3) is 0.500. The second-order valence-electron chi connectivity index (χ2n) is 9.99. The third kappa shape index (κ3) is 5.91. The van der Waals surface area contributed by atoms with Gasteiger partial charge in [-0.15, -0.1) is 23.1 Å². The zero-order valence-corrected chi connectivity index (χ0v) is 23.9. The fourth-order valence-corrected chi connectivity index (χ4v) is 7.23. The number of aromatic nitrogens is 2. The highest BCUT2D eigenvalue weighted by Gasteiger charge is 2.28. The number of nitrogens with one attached hydrogen (secondary N) is 1. The molecule has 1 aliphatic carbocycles. The molecule has 1 aromatic carbocycles. The first-order valence-corrected chi connectivity index (χ1v) is 15.3. The van der Waals surface area contributed by atoms with E-state index in [1.807, 2.05) is 16.2 Å². The number of methoxy groups -OCH3 is 1. The van der Waals surface area contributed by atoms with Gasteiger partial charge in [0.2, 0.25) is 11.8 Å². The Kier molecular flexibility index (Phi) is 8.38. The summed E-state index contributed by atoms with van der Waals surface area (Å²) >= 11 is 3.20. The van der Waals surface area contributed by atoms with E-state index in [0.717, 1.165) is 60.5 Å². The molecule has 1 N–H and O–H groups in total. The van der Waals surface area contributed by atoms with E-state index in [-0.39, 0.29) is 17.6 Å². The highest BCUT2D eigenvalue weighted by atomic mass is 32.2. The standard InChI is InChI=1S/C28H35N5O3S2/c1-4-23-30-27(26-21-10-5-18(2)15-22(21)38-28(26)31-23)33-13-11-32(12-14-33)25(35)17-37-16-24(34)29-19-6-8-20(36-3)9-7-19/h6-9,18H,4-5,10-17H2,1-3H3,(H,29,34)/t18-/m0/s1. The summed E-state index contributed by atoms with van der Waals surface area (Å²) < 4.78 is 5.14. The van der Waals surface area contributed by atoms with Crippen LogP contribution in [0.3, 0.4) is 0 Å². The molecule has 2 amide bonds. The molecule has 0 spiro atoms. The molecule has 2 aromatic heterocycles. The van der Waals surface area contributed by atoms with Crippen molar-refractivity contribution in [3.63, 3.8) is 0 Å². The van der Waals surface area contributed by atoms with Crippen molar-refractivity contribution in [3.05, 3.63) is 40.5 Å². The van der Waals surface area contributed by atoms with Crippen LogP contribution in [-0.2, 0) is 28.9 Å². The van der Waals surface area contributed by atoms with Crippen LogP contribution < -0.4 is 15.0 Å². The van der Waals surface area contributed by atoms with Gasteiger partial charge in [-0.2, -0.15) is 0 Å². The van der Waals surface area contributed by atoms with E-state index in [4.69, 9.17) is 14.7 Å². The predicted octanol–water partition coefficient (Wildman–Crippen LogP) is 4.41. The minimum absolute atomic E-state index is 0.0795. The maximum atomic E-state index is 12.9. The molecule has 0 radical (unpaired) electrons. The largest absolute Gasteiger partial charge is 0.497 e. The second-order valence-corrected chi connectivity index (χ2v) is 12.1. The monoisotopic (exact) mass is 553 g/mol. The first-order valence-electron chi connectivity index (χ1n) is 13.3. The highest BCUT2D eigenvalue weighted by Crippen LogP contribution is 2.41. The Bertz CT molecular complexity index is 1300. The molecule has 1 saturated heterocycles. The summed E-state index contributed by atoms with van der Waals surface area (Å²) in [5.74, 6) is 3.89. The molecule has 1 aliphatic heterocycles. The number of nitrogens with zero attached hydrogens (tertiary/aromatic N) is 4. The molecular formula is C28H35N5O3S2. The van der Waals surface area contributed by atoms with Crippen molar-refractivity contribution in [1.82, 2.24) is 14.9 Å². The molecule has 10 heteroatoms. The van der Waals surface area contributed by atoms with Crippen molar-refractivity contribution in [2.45, 2.75) is 39.5 Å². The van der Waals surface area contributed by atoms with E-state index in [0.29, 0.717) is 24.5 Å². The van der Waals surface area contributed by atoms with Gasteiger partial charge in [-0.1, -0.05) is 13.8 Å². The number of hydrogen-bond acceptors (Lipinski definition) is 8. The van der Waals surface area contributed by atoms with Crippen molar-refractivity contribution >= 4 is 56.6 Å². The van der Waals surface area contributed by atoms with Gasteiger partial charge in [-0.05, 0) is 55.0 Å². The van der Waals surface area contributed by atoms with Crippen LogP contribution in [0.5, 0.6) is 5.75 Å². The first-order chi connectivity index (χ1) is 18.4. The van der Waals surface area contributed by atoms with Crippen molar-refractivity contribution in [2.75, 3.05) is 55.0 Å². The summed E-state index contributed by atoms with van der Waals surface area (Å²) in [7, 11) is 1.61. The van der Waals surface area contributed by atoms with E-state index in [2.05, 4.69) is 24.1 Å². The minimum atomic E-state index is -0.120. The number of carbonyl (C=O) groups excluding carboxylic acids is 2. The van der Waals surface area contributed by atoms with E-state index in [1.165, 1.54) is 34.0 Å². The fourth-order valence-electron chi connectivity index (χ4n) is 5.11. The van der Waals surface area contributed by atoms with Gasteiger partial charge in [0, 0.05) is 43.2 Å². The number of ether oxygens (including phenoxy) is 1. The predicted molar refractivity (Wildman–Crippen MR) is 156 cm³/mol. The summed E-state index contributed by atoms with van der Waals surface area (Å²) in [5, 5.41) is 4.10. The van der Waals surface area contributed by atoms with Gasteiger partial charge in [0.1, 0.15) is 22.2 Å². The SMILES string of the molecule is CCc1nc(N2CCN(C(=O)CSCC(=O)Nc3ccc(OC)cc3)CC2)c2c3c(sc2n1)C[C@@H](C)CC3. The molecule has 0 unspecified atom stereocenters. The Morgan fingerprint density at radius 2 is 1.89 bits per heavy atom. The zero-order chi connectivity index (χ0) is 26.6. The minimum Gasteiger partial charge on any atom is -0.497 e. The number of benzene rings is 1. The molecular weight excluding hydrogens is 518 g/mol. The first kappa shape index (κ1) is 26.7. The van der Waals surface area contributed by atoms with Crippen LogP contribution in [0.25, 0.3) is 10.2 Å². The van der Waals surface area contributed by atoms with Crippen LogP contribution in [0.15, 0.2) is 24.3 Å². The average molecular weight is 554 g/mol. The lowest BCUT2D eigenvalue weighted by atomic mass is 9.89. The van der Waals surface area contributed by atoms with Gasteiger partial charge in [-0.3, -0.25) is 9.59 Å². The summed E-state index contributed by atoms with van der Waals surface area (Å²) in [5.41, 5.74) is 2.16. The maximum absolute atomic E-state index is 12.9. The van der Waals surface area contributed by atoms with Gasteiger partial charge in [-0.25, -0.2) is 9.97 Å². The molecule has 0 saturated carbocycles. The molecule has 0 bridgehead atoms. The smallest absolute Gasteiger partial charge is 0.234 e. The van der Waals surface area contributed by atoms with Gasteiger partial charge >= 0.3 is 0 Å². The zero-order valence-electron chi connectivity index (χ0n) is 22.3. The number of rotatable bonds is 8. The van der Waals surface area contributed by atoms with Crippen molar-refractivity contribution in [1.29, 1.82) is 0 Å². The molecule has 1 atom stereocenters. The van der Waals surface area contributed by atoms with Crippen LogP contribution in [-0.4, -0.2) is 71.5 Å². The van der Waals surface area contributed by atoms with Gasteiger partial charge in [0.25, 0.3) is 0 Å². The highest BCUT2D eigenvalue weighted by molar-refractivity contribution is 8.00. The number of fused-ring (bicyclic) bond motifs is 3. The molecule has 1 fully saturated rings. The molecule has 5 rings (SSSR count). The van der Waals surface area contributed by atoms with E-state index < -0.39 is 0 Å². The summed E-state index contributed by atoms with van der Waals surface area (Å²) in [4.78, 5) is 41.9. The third-order valence-corrected chi connectivity index (χ3v) is 9.33. The van der Waals surface area contributed by atoms with Crippen LogP contribution in [0.2, 0.25) is 0 Å². The van der Waals surface area contributed by atoms with Crippen LogP contribution in [0.4, 0.5) is 11.5 Å². The number of piperazine rings is 1. The lowest BCUT2D eigenvalue weighted by Gasteiger charge is -2.36. The molecule has 202 valence electrons. The summed E-state index contributed by atoms with van der Waals surface area (Å²) in [6.07, 6.45) is 4.25. The topological polar surface area (TPSA) is 87.7 Å². The van der Waals surface area contributed by atoms with Crippen molar-refractivity contribution in [3.8, 4) is 5.75 Å². The number of amides is 2. The Balaban J connectivity index is 1.16. The average Bonchev–Trinajstić information content (AvgIpc) is 3.30. The van der Waals surface area contributed by atoms with Crippen molar-refractivity contribution < 1.29 is 14.3 Å². The molecule has 38 heavy (non-hydrogen) atoms. The summed E-state index contributed by atoms with van der Waals surface area (Å²) in [6, 6.07) is 7.20. The molecule has 3 aromatic rings. The molecule has 2 aliphatic rings. The van der Waals surface area contributed by atoms with E-state index in [9.17, 15) is 9.59 Å². The Hall–Kier alpha value is -2.85. The number of thioether (sulfide) groups is 1. The lowest BCUT2D eigenvalue weighted by Crippen LogP contribution is -2.49. The number of aryl methyl sites for hydroxylation is 2. The Morgan fingerprint density at radius 1 is 1.13 bits per heavy atom. The van der Waals surface area contributed by atoms with Gasteiger partial charge in [0.05, 0.1) is 24.0 Å². The quantitative estimate of drug-likeness (QED) is 0.442. The number of anilines is 2. The van der Waals surface area contributed by atoms with E-state index in [1.54, 1.807) is 31.4 Å². The molecule has 3 heterocycles. The van der Waals surface area contributed by atoms with E-state index >= 15 is 0 Å². The summed E-state index contributed by atoms with van der Waals surface area (Å²) in [6.45, 7) is 7.27. The number of thiophene rings is 1. The normalized spacial score (nSPS) is 17.4. The third-order valence-electron chi connectivity index (χ3n) is 7.26. The Morgan fingerprint density at radius 3 is 2.61 bits per heavy atom. The Labute approximate surface area is 232 Å². The second kappa shape index (κ2) is 11.9. The number of hydrogen-bond donors (Lipinski definition) is 1. The molecule has 8 nitrogen and oxygen atoms in total. The number of carbonyl (C=O) groups is 2. The van der Waals surface area contributed by atoms with Gasteiger partial charge < -0.3 is 19.9 Å². The maximum Gasteiger partial charge on any atom is 0.234 e. The van der Waals surface area contributed by atoms with Crippen molar-refractivity contribution in [2.24, 2.45) is 5.92 Å². The van der Waals surface area contributed by atoms with Crippen LogP contribution >= 0.6 is 23.1 Å². The van der Waals surface area contributed by atoms with Gasteiger partial charge in [0.15, 0.2) is 0 Å². The van der Waals surface area contributed by atoms with Crippen LogP contribution in [0, 0.1) is 5.92 Å². The lowest BCUT2D eigenvalue weighted by molar-refractivity contribution is -0.128.